The molecule has 1 saturated carbocycles. The highest BCUT2D eigenvalue weighted by atomic mass is 14.6. The van der Waals surface area contributed by atoms with Crippen LogP contribution in [0.25, 0.3) is 0 Å². The van der Waals surface area contributed by atoms with Crippen molar-refractivity contribution in [1.29, 1.82) is 0 Å². The Labute approximate surface area is 64.0 Å². The average molecular weight is 141 g/mol. The molecule has 0 saturated heterocycles. The molecule has 0 spiro atoms. The summed E-state index contributed by atoms with van der Waals surface area (Å²) in [6, 6.07) is 0.373. The van der Waals surface area contributed by atoms with E-state index in [1.807, 2.05) is 0 Å². The summed E-state index contributed by atoms with van der Waals surface area (Å²) in [6.07, 6.45) is 4.17. The van der Waals surface area contributed by atoms with E-state index in [9.17, 15) is 0 Å². The van der Waals surface area contributed by atoms with Crippen molar-refractivity contribution in [2.45, 2.75) is 46.1 Å². The molecule has 1 fully saturated rings. The molecule has 0 aromatic carbocycles. The first-order chi connectivity index (χ1) is 4.53. The fourth-order valence-corrected chi connectivity index (χ4v) is 1.38. The fraction of sp³-hybridized carbons (Fsp3) is 1.00. The SMILES string of the molecule is CC(N)C(C)CC1(C)CC1. The van der Waals surface area contributed by atoms with Crippen LogP contribution in [-0.4, -0.2) is 6.04 Å². The third-order valence-electron chi connectivity index (χ3n) is 2.82. The van der Waals surface area contributed by atoms with Crippen LogP contribution in [0.1, 0.15) is 40.0 Å². The molecule has 0 amide bonds. The predicted octanol–water partition coefficient (Wildman–Crippen LogP) is 2.16. The van der Waals surface area contributed by atoms with Crippen molar-refractivity contribution in [2.75, 3.05) is 0 Å². The maximum absolute atomic E-state index is 5.77. The number of nitrogens with two attached hydrogens (primary N) is 1. The zero-order chi connectivity index (χ0) is 7.78. The summed E-state index contributed by atoms with van der Waals surface area (Å²) in [4.78, 5) is 0. The second kappa shape index (κ2) is 2.54. The molecular weight excluding hydrogens is 122 g/mol. The first kappa shape index (κ1) is 8.06. The van der Waals surface area contributed by atoms with Crippen LogP contribution >= 0.6 is 0 Å². The van der Waals surface area contributed by atoms with E-state index in [1.165, 1.54) is 19.3 Å². The summed E-state index contributed by atoms with van der Waals surface area (Å²) < 4.78 is 0. The largest absolute Gasteiger partial charge is 0.328 e. The van der Waals surface area contributed by atoms with Gasteiger partial charge in [-0.25, -0.2) is 0 Å². The van der Waals surface area contributed by atoms with Gasteiger partial charge in [-0.05, 0) is 37.5 Å². The van der Waals surface area contributed by atoms with E-state index in [0.29, 0.717) is 17.4 Å². The fourth-order valence-electron chi connectivity index (χ4n) is 1.38. The minimum Gasteiger partial charge on any atom is -0.328 e. The first-order valence-corrected chi connectivity index (χ1v) is 4.29. The van der Waals surface area contributed by atoms with E-state index < -0.39 is 0 Å². The van der Waals surface area contributed by atoms with Gasteiger partial charge in [0.05, 0.1) is 0 Å². The Morgan fingerprint density at radius 2 is 1.90 bits per heavy atom. The second-order valence-corrected chi connectivity index (χ2v) is 4.35. The van der Waals surface area contributed by atoms with Crippen LogP contribution in [0.5, 0.6) is 0 Å². The predicted molar refractivity (Wildman–Crippen MR) is 44.8 cm³/mol. The van der Waals surface area contributed by atoms with E-state index >= 15 is 0 Å². The molecule has 1 rings (SSSR count). The highest BCUT2D eigenvalue weighted by molar-refractivity contribution is 4.90. The number of hydrogen-bond acceptors (Lipinski definition) is 1. The Hall–Kier alpha value is -0.0400. The topological polar surface area (TPSA) is 26.0 Å². The van der Waals surface area contributed by atoms with E-state index in [4.69, 9.17) is 5.73 Å². The molecule has 0 bridgehead atoms. The number of rotatable bonds is 3. The van der Waals surface area contributed by atoms with Gasteiger partial charge in [0.25, 0.3) is 0 Å². The summed E-state index contributed by atoms with van der Waals surface area (Å²) in [7, 11) is 0. The first-order valence-electron chi connectivity index (χ1n) is 4.29. The van der Waals surface area contributed by atoms with Crippen LogP contribution in [0.15, 0.2) is 0 Å². The molecule has 1 heteroatoms. The van der Waals surface area contributed by atoms with Crippen LogP contribution in [0.3, 0.4) is 0 Å². The standard InChI is InChI=1S/C9H19N/c1-7(8(2)10)6-9(3)4-5-9/h7-8H,4-6,10H2,1-3H3. The minimum atomic E-state index is 0.373. The van der Waals surface area contributed by atoms with Gasteiger partial charge < -0.3 is 5.73 Å². The Bertz CT molecular complexity index is 114. The molecule has 0 heterocycles. The van der Waals surface area contributed by atoms with Gasteiger partial charge in [-0.1, -0.05) is 13.8 Å². The average Bonchev–Trinajstić information content (AvgIpc) is 2.47. The zero-order valence-corrected chi connectivity index (χ0v) is 7.35. The third-order valence-corrected chi connectivity index (χ3v) is 2.82. The van der Waals surface area contributed by atoms with E-state index in [0.717, 1.165) is 0 Å². The van der Waals surface area contributed by atoms with Crippen molar-refractivity contribution < 1.29 is 0 Å². The molecular formula is C9H19N. The van der Waals surface area contributed by atoms with Gasteiger partial charge in [0.2, 0.25) is 0 Å². The Morgan fingerprint density at radius 3 is 2.20 bits per heavy atom. The zero-order valence-electron chi connectivity index (χ0n) is 7.35. The van der Waals surface area contributed by atoms with Gasteiger partial charge in [-0.2, -0.15) is 0 Å². The van der Waals surface area contributed by atoms with Crippen LogP contribution in [0.4, 0.5) is 0 Å². The van der Waals surface area contributed by atoms with Crippen LogP contribution in [0.2, 0.25) is 0 Å². The van der Waals surface area contributed by atoms with E-state index in [1.54, 1.807) is 0 Å². The maximum atomic E-state index is 5.77. The third kappa shape index (κ3) is 1.98. The van der Waals surface area contributed by atoms with Crippen LogP contribution in [0, 0.1) is 11.3 Å². The van der Waals surface area contributed by atoms with Gasteiger partial charge in [-0.15, -0.1) is 0 Å². The van der Waals surface area contributed by atoms with Crippen molar-refractivity contribution in [3.8, 4) is 0 Å². The highest BCUT2D eigenvalue weighted by Crippen LogP contribution is 2.50. The molecule has 60 valence electrons. The molecule has 1 aliphatic carbocycles. The minimum absolute atomic E-state index is 0.373. The van der Waals surface area contributed by atoms with Crippen LogP contribution in [-0.2, 0) is 0 Å². The lowest BCUT2D eigenvalue weighted by Crippen LogP contribution is -2.25. The molecule has 0 aromatic rings. The van der Waals surface area contributed by atoms with Crippen molar-refractivity contribution in [3.05, 3.63) is 0 Å². The molecule has 1 nitrogen and oxygen atoms in total. The Morgan fingerprint density at radius 1 is 1.40 bits per heavy atom. The van der Waals surface area contributed by atoms with Gasteiger partial charge in [0, 0.05) is 6.04 Å². The highest BCUT2D eigenvalue weighted by Gasteiger charge is 2.38. The van der Waals surface area contributed by atoms with Crippen LogP contribution < -0.4 is 5.73 Å². The van der Waals surface area contributed by atoms with Gasteiger partial charge in [0.1, 0.15) is 0 Å². The normalized spacial score (nSPS) is 27.6. The van der Waals surface area contributed by atoms with E-state index in [-0.39, 0.29) is 0 Å². The van der Waals surface area contributed by atoms with E-state index in [2.05, 4.69) is 20.8 Å². The Kier molecular flexibility index (Phi) is 2.04. The second-order valence-electron chi connectivity index (χ2n) is 4.35. The smallest absolute Gasteiger partial charge is 0.00363 e. The quantitative estimate of drug-likeness (QED) is 0.640. The molecule has 0 aromatic heterocycles. The number of hydrogen-bond donors (Lipinski definition) is 1. The van der Waals surface area contributed by atoms with Gasteiger partial charge in [-0.3, -0.25) is 0 Å². The molecule has 0 radical (unpaired) electrons. The lowest BCUT2D eigenvalue weighted by molar-refractivity contribution is 0.357. The molecule has 2 N–H and O–H groups in total. The lowest BCUT2D eigenvalue weighted by atomic mass is 9.91. The lowest BCUT2D eigenvalue weighted by Gasteiger charge is -2.19. The van der Waals surface area contributed by atoms with Crippen molar-refractivity contribution in [3.63, 3.8) is 0 Å². The molecule has 10 heavy (non-hydrogen) atoms. The van der Waals surface area contributed by atoms with Gasteiger partial charge >= 0.3 is 0 Å². The van der Waals surface area contributed by atoms with Crippen molar-refractivity contribution in [2.24, 2.45) is 17.1 Å². The maximum Gasteiger partial charge on any atom is 0.00363 e. The monoisotopic (exact) mass is 141 g/mol. The summed E-state index contributed by atoms with van der Waals surface area (Å²) >= 11 is 0. The van der Waals surface area contributed by atoms with Crippen molar-refractivity contribution >= 4 is 0 Å². The summed E-state index contributed by atoms with van der Waals surface area (Å²) in [5, 5.41) is 0. The van der Waals surface area contributed by atoms with Crippen molar-refractivity contribution in [1.82, 2.24) is 0 Å². The molecule has 2 atom stereocenters. The molecule has 0 aliphatic heterocycles. The summed E-state index contributed by atoms with van der Waals surface area (Å²) in [5.74, 6) is 0.701. The molecule has 2 unspecified atom stereocenters. The van der Waals surface area contributed by atoms with Gasteiger partial charge in [0.15, 0.2) is 0 Å². The summed E-state index contributed by atoms with van der Waals surface area (Å²) in [6.45, 7) is 6.73. The summed E-state index contributed by atoms with van der Waals surface area (Å²) in [5.41, 5.74) is 6.44. The Balaban J connectivity index is 2.24. The molecule has 1 aliphatic rings.